The van der Waals surface area contributed by atoms with E-state index in [0.29, 0.717) is 0 Å². The van der Waals surface area contributed by atoms with Gasteiger partial charge in [0, 0.05) is 5.57 Å². The van der Waals surface area contributed by atoms with Gasteiger partial charge < -0.3 is 4.74 Å². The molecule has 18 heavy (non-hydrogen) atoms. The molecule has 0 amide bonds. The molecule has 0 aliphatic heterocycles. The van der Waals surface area contributed by atoms with Crippen LogP contribution in [0.1, 0.15) is 13.8 Å². The van der Waals surface area contributed by atoms with Gasteiger partial charge in [0.25, 0.3) is 0 Å². The normalized spacial score (nSPS) is 10.8. The Morgan fingerprint density at radius 3 is 2.56 bits per heavy atom. The van der Waals surface area contributed by atoms with Crippen LogP contribution in [-0.2, 0) is 14.8 Å². The minimum absolute atomic E-state index is 0.0598. The van der Waals surface area contributed by atoms with Gasteiger partial charge in [0.15, 0.2) is 5.75 Å². The van der Waals surface area contributed by atoms with Crippen molar-refractivity contribution in [1.29, 1.82) is 0 Å². The molecule has 0 aromatic heterocycles. The van der Waals surface area contributed by atoms with Gasteiger partial charge in [-0.2, -0.15) is 0 Å². The van der Waals surface area contributed by atoms with Crippen LogP contribution in [0.4, 0.5) is 5.69 Å². The number of hydrogen-bond donors (Lipinski definition) is 1. The van der Waals surface area contributed by atoms with Crippen LogP contribution in [0.2, 0.25) is 0 Å². The number of carbonyl (C=O) groups is 1. The first-order chi connectivity index (χ1) is 8.35. The highest BCUT2D eigenvalue weighted by Crippen LogP contribution is 2.25. The second kappa shape index (κ2) is 5.68. The molecule has 0 spiro atoms. The number of sulfonamides is 1. The van der Waals surface area contributed by atoms with E-state index in [-0.39, 0.29) is 22.8 Å². The molecule has 6 heteroatoms. The molecule has 0 fully saturated rings. The molecule has 0 unspecified atom stereocenters. The molecule has 0 radical (unpaired) electrons. The lowest BCUT2D eigenvalue weighted by Crippen LogP contribution is -2.16. The lowest BCUT2D eigenvalue weighted by atomic mass is 10.3. The van der Waals surface area contributed by atoms with Crippen LogP contribution in [0.3, 0.4) is 0 Å². The molecular formula is C12H15NO4S. The summed E-state index contributed by atoms with van der Waals surface area (Å²) in [6.07, 6.45) is 0. The SMILES string of the molecule is C=C(C)C(=O)Oc1ccccc1NS(=O)(=O)CC. The van der Waals surface area contributed by atoms with Gasteiger partial charge in [0.2, 0.25) is 10.0 Å². The number of nitrogens with one attached hydrogen (secondary N) is 1. The van der Waals surface area contributed by atoms with Crippen LogP contribution >= 0.6 is 0 Å². The molecule has 0 bridgehead atoms. The summed E-state index contributed by atoms with van der Waals surface area (Å²) in [6.45, 7) is 6.49. The summed E-state index contributed by atoms with van der Waals surface area (Å²) in [4.78, 5) is 11.4. The smallest absolute Gasteiger partial charge is 0.338 e. The lowest BCUT2D eigenvalue weighted by Gasteiger charge is -2.11. The molecule has 0 saturated heterocycles. The van der Waals surface area contributed by atoms with Crippen LogP contribution in [-0.4, -0.2) is 20.1 Å². The van der Waals surface area contributed by atoms with E-state index >= 15 is 0 Å². The third-order valence-corrected chi connectivity index (χ3v) is 3.37. The Morgan fingerprint density at radius 1 is 1.39 bits per heavy atom. The minimum atomic E-state index is -3.41. The van der Waals surface area contributed by atoms with E-state index in [1.807, 2.05) is 0 Å². The Kier molecular flexibility index (Phi) is 4.49. The van der Waals surface area contributed by atoms with Crippen LogP contribution in [0.15, 0.2) is 36.4 Å². The fraction of sp³-hybridized carbons (Fsp3) is 0.250. The summed E-state index contributed by atoms with van der Waals surface area (Å²) in [5.41, 5.74) is 0.470. The fourth-order valence-electron chi connectivity index (χ4n) is 1.07. The predicted octanol–water partition coefficient (Wildman–Crippen LogP) is 1.93. The van der Waals surface area contributed by atoms with Gasteiger partial charge in [0.05, 0.1) is 11.4 Å². The molecular weight excluding hydrogens is 254 g/mol. The highest BCUT2D eigenvalue weighted by Gasteiger charge is 2.13. The van der Waals surface area contributed by atoms with Gasteiger partial charge in [-0.25, -0.2) is 13.2 Å². The van der Waals surface area contributed by atoms with E-state index in [9.17, 15) is 13.2 Å². The Hall–Kier alpha value is -1.82. The predicted molar refractivity (Wildman–Crippen MR) is 70.0 cm³/mol. The zero-order valence-electron chi connectivity index (χ0n) is 10.3. The number of carbonyl (C=O) groups excluding carboxylic acids is 1. The third-order valence-electron chi connectivity index (χ3n) is 2.08. The summed E-state index contributed by atoms with van der Waals surface area (Å²) in [6, 6.07) is 6.32. The molecule has 1 rings (SSSR count). The number of ether oxygens (including phenoxy) is 1. The number of esters is 1. The second-order valence-electron chi connectivity index (χ2n) is 3.67. The quantitative estimate of drug-likeness (QED) is 0.503. The second-order valence-corrected chi connectivity index (χ2v) is 5.68. The van der Waals surface area contributed by atoms with E-state index in [4.69, 9.17) is 4.74 Å². The molecule has 1 aromatic rings. The molecule has 5 nitrogen and oxygen atoms in total. The number of anilines is 1. The maximum atomic E-state index is 11.5. The van der Waals surface area contributed by atoms with E-state index < -0.39 is 16.0 Å². The summed E-state index contributed by atoms with van der Waals surface area (Å²) in [5.74, 6) is -0.504. The molecule has 98 valence electrons. The first-order valence-electron chi connectivity index (χ1n) is 5.33. The zero-order valence-corrected chi connectivity index (χ0v) is 11.1. The first-order valence-corrected chi connectivity index (χ1v) is 6.98. The fourth-order valence-corrected chi connectivity index (χ4v) is 1.71. The summed E-state index contributed by atoms with van der Waals surface area (Å²) in [5, 5.41) is 0. The maximum absolute atomic E-state index is 11.5. The van der Waals surface area contributed by atoms with Crippen molar-refractivity contribution in [2.45, 2.75) is 13.8 Å². The number of benzene rings is 1. The molecule has 0 atom stereocenters. The summed E-state index contributed by atoms with van der Waals surface area (Å²) < 4.78 is 30.3. The Labute approximate surface area is 107 Å². The summed E-state index contributed by atoms with van der Waals surface area (Å²) in [7, 11) is -3.41. The van der Waals surface area contributed by atoms with Gasteiger partial charge in [-0.15, -0.1) is 0 Å². The average molecular weight is 269 g/mol. The molecule has 1 N–H and O–H groups in total. The van der Waals surface area contributed by atoms with Crippen LogP contribution in [0.5, 0.6) is 5.75 Å². The molecule has 1 aromatic carbocycles. The Balaban J connectivity index is 3.00. The van der Waals surface area contributed by atoms with E-state index in [1.54, 1.807) is 12.1 Å². The number of rotatable bonds is 5. The first kappa shape index (κ1) is 14.2. The van der Waals surface area contributed by atoms with Crippen molar-refractivity contribution in [3.05, 3.63) is 36.4 Å². The minimum Gasteiger partial charge on any atom is -0.421 e. The van der Waals surface area contributed by atoms with Gasteiger partial charge >= 0.3 is 5.97 Å². The Morgan fingerprint density at radius 2 is 2.00 bits per heavy atom. The molecule has 0 saturated carbocycles. The van der Waals surface area contributed by atoms with E-state index in [2.05, 4.69) is 11.3 Å². The monoisotopic (exact) mass is 269 g/mol. The van der Waals surface area contributed by atoms with Crippen molar-refractivity contribution in [3.8, 4) is 5.75 Å². The lowest BCUT2D eigenvalue weighted by molar-refractivity contribution is -0.130. The van der Waals surface area contributed by atoms with Crippen LogP contribution in [0, 0.1) is 0 Å². The van der Waals surface area contributed by atoms with Crippen molar-refractivity contribution < 1.29 is 17.9 Å². The van der Waals surface area contributed by atoms with Gasteiger partial charge in [-0.05, 0) is 26.0 Å². The maximum Gasteiger partial charge on any atom is 0.338 e. The largest absolute Gasteiger partial charge is 0.421 e. The molecule has 0 heterocycles. The van der Waals surface area contributed by atoms with Gasteiger partial charge in [-0.3, -0.25) is 4.72 Å². The van der Waals surface area contributed by atoms with Crippen molar-refractivity contribution in [1.82, 2.24) is 0 Å². The van der Waals surface area contributed by atoms with Crippen LogP contribution in [0.25, 0.3) is 0 Å². The van der Waals surface area contributed by atoms with E-state index in [1.165, 1.54) is 26.0 Å². The highest BCUT2D eigenvalue weighted by molar-refractivity contribution is 7.92. The van der Waals surface area contributed by atoms with E-state index in [0.717, 1.165) is 0 Å². The van der Waals surface area contributed by atoms with Crippen molar-refractivity contribution in [2.24, 2.45) is 0 Å². The molecule has 0 aliphatic rings. The standard InChI is InChI=1S/C12H15NO4S/c1-4-18(15,16)13-10-7-5-6-8-11(10)17-12(14)9(2)3/h5-8,13H,2,4H2,1,3H3. The third kappa shape index (κ3) is 3.89. The summed E-state index contributed by atoms with van der Waals surface area (Å²) >= 11 is 0. The van der Waals surface area contributed by atoms with Crippen molar-refractivity contribution in [2.75, 3.05) is 10.5 Å². The average Bonchev–Trinajstić information content (AvgIpc) is 2.31. The van der Waals surface area contributed by atoms with Crippen molar-refractivity contribution >= 4 is 21.7 Å². The Bertz CT molecular complexity index is 563. The van der Waals surface area contributed by atoms with Crippen molar-refractivity contribution in [3.63, 3.8) is 0 Å². The number of hydrogen-bond acceptors (Lipinski definition) is 4. The van der Waals surface area contributed by atoms with Gasteiger partial charge in [0.1, 0.15) is 0 Å². The molecule has 0 aliphatic carbocycles. The highest BCUT2D eigenvalue weighted by atomic mass is 32.2. The topological polar surface area (TPSA) is 72.5 Å². The zero-order chi connectivity index (χ0) is 13.8. The number of para-hydroxylation sites is 2. The van der Waals surface area contributed by atoms with Gasteiger partial charge in [-0.1, -0.05) is 18.7 Å². The van der Waals surface area contributed by atoms with Crippen LogP contribution < -0.4 is 9.46 Å².